The molecule has 0 radical (unpaired) electrons. The van der Waals surface area contributed by atoms with Gasteiger partial charge in [-0.1, -0.05) is 20.8 Å². The second kappa shape index (κ2) is 4.15. The summed E-state index contributed by atoms with van der Waals surface area (Å²) in [5.41, 5.74) is 6.85. The van der Waals surface area contributed by atoms with Crippen molar-refractivity contribution in [2.24, 2.45) is 11.1 Å². The molecule has 1 heterocycles. The highest BCUT2D eigenvalue weighted by atomic mass is 19.1. The van der Waals surface area contributed by atoms with Crippen LogP contribution in [0.4, 0.5) is 4.39 Å². The number of hydrogen-bond acceptors (Lipinski definition) is 2. The molecule has 0 fully saturated rings. The first kappa shape index (κ1) is 12.1. The number of benzene rings is 1. The standard InChI is InChI=1S/C14H18FNO/c1-4-14(2,3)13(16)12-8-9-7-10(15)5-6-11(9)17-12/h5-8,13H,4,16H2,1-3H3. The number of rotatable bonds is 3. The SMILES string of the molecule is CCC(C)(C)C(N)c1cc2cc(F)ccc2o1. The van der Waals surface area contributed by atoms with Gasteiger partial charge in [-0.25, -0.2) is 4.39 Å². The summed E-state index contributed by atoms with van der Waals surface area (Å²) in [5, 5.41) is 0.766. The van der Waals surface area contributed by atoms with Crippen LogP contribution in [0.1, 0.15) is 39.0 Å². The topological polar surface area (TPSA) is 39.2 Å². The molecule has 2 nitrogen and oxygen atoms in total. The summed E-state index contributed by atoms with van der Waals surface area (Å²) in [5.74, 6) is 0.464. The van der Waals surface area contributed by atoms with Gasteiger partial charge in [0.05, 0.1) is 6.04 Å². The Bertz CT molecular complexity index is 530. The lowest BCUT2D eigenvalue weighted by Gasteiger charge is -2.28. The molecule has 0 amide bonds. The number of fused-ring (bicyclic) bond motifs is 1. The molecule has 0 aliphatic rings. The highest BCUT2D eigenvalue weighted by Gasteiger charge is 2.28. The Balaban J connectivity index is 2.43. The molecule has 2 aromatic rings. The van der Waals surface area contributed by atoms with Crippen LogP contribution in [0.2, 0.25) is 0 Å². The van der Waals surface area contributed by atoms with Crippen molar-refractivity contribution in [2.75, 3.05) is 0 Å². The molecule has 0 aliphatic carbocycles. The normalized spacial score (nSPS) is 14.2. The van der Waals surface area contributed by atoms with Crippen LogP contribution in [0.3, 0.4) is 0 Å². The summed E-state index contributed by atoms with van der Waals surface area (Å²) >= 11 is 0. The van der Waals surface area contributed by atoms with Crippen LogP contribution in [0.5, 0.6) is 0 Å². The third-order valence-corrected chi connectivity index (χ3v) is 3.56. The summed E-state index contributed by atoms with van der Waals surface area (Å²) in [6.07, 6.45) is 0.958. The summed E-state index contributed by atoms with van der Waals surface area (Å²) < 4.78 is 18.8. The molecule has 2 N–H and O–H groups in total. The van der Waals surface area contributed by atoms with Crippen molar-refractivity contribution in [3.05, 3.63) is 35.8 Å². The van der Waals surface area contributed by atoms with Gasteiger partial charge in [-0.05, 0) is 36.1 Å². The Hall–Kier alpha value is -1.35. The predicted molar refractivity (Wildman–Crippen MR) is 67.2 cm³/mol. The van der Waals surface area contributed by atoms with E-state index in [1.165, 1.54) is 12.1 Å². The fraction of sp³-hybridized carbons (Fsp3) is 0.429. The summed E-state index contributed by atoms with van der Waals surface area (Å²) in [6, 6.07) is 6.16. The first-order valence-corrected chi connectivity index (χ1v) is 5.88. The molecule has 0 spiro atoms. The van der Waals surface area contributed by atoms with Crippen LogP contribution in [0.15, 0.2) is 28.7 Å². The van der Waals surface area contributed by atoms with Crippen molar-refractivity contribution >= 4 is 11.0 Å². The minimum atomic E-state index is -0.256. The lowest BCUT2D eigenvalue weighted by atomic mass is 9.81. The summed E-state index contributed by atoms with van der Waals surface area (Å²) in [4.78, 5) is 0. The van der Waals surface area contributed by atoms with E-state index in [2.05, 4.69) is 20.8 Å². The molecule has 1 aromatic heterocycles. The van der Waals surface area contributed by atoms with E-state index < -0.39 is 0 Å². The Morgan fingerprint density at radius 3 is 2.71 bits per heavy atom. The van der Waals surface area contributed by atoms with Crippen LogP contribution >= 0.6 is 0 Å². The monoisotopic (exact) mass is 235 g/mol. The average molecular weight is 235 g/mol. The fourth-order valence-electron chi connectivity index (χ4n) is 1.79. The number of nitrogens with two attached hydrogens (primary N) is 1. The molecule has 2 rings (SSSR count). The molecule has 0 bridgehead atoms. The quantitative estimate of drug-likeness (QED) is 0.873. The minimum absolute atomic E-state index is 0.0353. The van der Waals surface area contributed by atoms with Gasteiger partial charge in [-0.2, -0.15) is 0 Å². The van der Waals surface area contributed by atoms with Gasteiger partial charge in [0.1, 0.15) is 17.2 Å². The first-order chi connectivity index (χ1) is 7.94. The molecule has 92 valence electrons. The van der Waals surface area contributed by atoms with E-state index in [-0.39, 0.29) is 17.3 Å². The van der Waals surface area contributed by atoms with Gasteiger partial charge in [0.2, 0.25) is 0 Å². The maximum atomic E-state index is 13.1. The molecular formula is C14H18FNO. The highest BCUT2D eigenvalue weighted by molar-refractivity contribution is 5.78. The second-order valence-corrected chi connectivity index (χ2v) is 5.15. The van der Waals surface area contributed by atoms with E-state index in [1.807, 2.05) is 6.07 Å². The Labute approximate surface area is 101 Å². The summed E-state index contributed by atoms with van der Waals surface area (Å²) in [7, 11) is 0. The molecule has 1 unspecified atom stereocenters. The second-order valence-electron chi connectivity index (χ2n) is 5.15. The van der Waals surface area contributed by atoms with E-state index >= 15 is 0 Å². The van der Waals surface area contributed by atoms with Gasteiger partial charge < -0.3 is 10.2 Å². The lowest BCUT2D eigenvalue weighted by molar-refractivity contribution is 0.251. The van der Waals surface area contributed by atoms with Gasteiger partial charge in [0, 0.05) is 5.39 Å². The minimum Gasteiger partial charge on any atom is -0.459 e. The van der Waals surface area contributed by atoms with Gasteiger partial charge in [-0.15, -0.1) is 0 Å². The smallest absolute Gasteiger partial charge is 0.134 e. The Morgan fingerprint density at radius 2 is 2.06 bits per heavy atom. The van der Waals surface area contributed by atoms with Crippen LogP contribution < -0.4 is 5.73 Å². The molecule has 1 aromatic carbocycles. The van der Waals surface area contributed by atoms with Crippen molar-refractivity contribution < 1.29 is 8.81 Å². The van der Waals surface area contributed by atoms with E-state index in [0.29, 0.717) is 5.58 Å². The van der Waals surface area contributed by atoms with Crippen LogP contribution in [-0.4, -0.2) is 0 Å². The molecule has 1 atom stereocenters. The van der Waals surface area contributed by atoms with Gasteiger partial charge in [0.15, 0.2) is 0 Å². The van der Waals surface area contributed by atoms with Gasteiger partial charge in [-0.3, -0.25) is 0 Å². The van der Waals surface area contributed by atoms with Crippen molar-refractivity contribution in [3.8, 4) is 0 Å². The van der Waals surface area contributed by atoms with E-state index in [1.54, 1.807) is 6.07 Å². The largest absolute Gasteiger partial charge is 0.459 e. The molecule has 0 saturated heterocycles. The zero-order valence-electron chi connectivity index (χ0n) is 10.5. The molecular weight excluding hydrogens is 217 g/mol. The average Bonchev–Trinajstić information content (AvgIpc) is 2.70. The maximum absolute atomic E-state index is 13.1. The molecule has 17 heavy (non-hydrogen) atoms. The number of hydrogen-bond donors (Lipinski definition) is 1. The third-order valence-electron chi connectivity index (χ3n) is 3.56. The van der Waals surface area contributed by atoms with E-state index in [9.17, 15) is 4.39 Å². The van der Waals surface area contributed by atoms with Gasteiger partial charge >= 0.3 is 0 Å². The highest BCUT2D eigenvalue weighted by Crippen LogP contribution is 2.36. The fourth-order valence-corrected chi connectivity index (χ4v) is 1.79. The van der Waals surface area contributed by atoms with Crippen LogP contribution in [0.25, 0.3) is 11.0 Å². The number of halogens is 1. The van der Waals surface area contributed by atoms with Crippen molar-refractivity contribution in [2.45, 2.75) is 33.2 Å². The molecule has 0 aliphatic heterocycles. The first-order valence-electron chi connectivity index (χ1n) is 5.88. The molecule has 0 saturated carbocycles. The third kappa shape index (κ3) is 2.20. The van der Waals surface area contributed by atoms with Gasteiger partial charge in [0.25, 0.3) is 0 Å². The van der Waals surface area contributed by atoms with E-state index in [0.717, 1.165) is 17.6 Å². The zero-order chi connectivity index (χ0) is 12.6. The van der Waals surface area contributed by atoms with Crippen molar-refractivity contribution in [3.63, 3.8) is 0 Å². The summed E-state index contributed by atoms with van der Waals surface area (Å²) in [6.45, 7) is 6.30. The van der Waals surface area contributed by atoms with E-state index in [4.69, 9.17) is 10.2 Å². The molecule has 3 heteroatoms. The van der Waals surface area contributed by atoms with Crippen LogP contribution in [-0.2, 0) is 0 Å². The van der Waals surface area contributed by atoms with Crippen LogP contribution in [0, 0.1) is 11.2 Å². The van der Waals surface area contributed by atoms with Crippen molar-refractivity contribution in [1.82, 2.24) is 0 Å². The Kier molecular flexibility index (Phi) is 2.96. The maximum Gasteiger partial charge on any atom is 0.134 e. The predicted octanol–water partition coefficient (Wildman–Crippen LogP) is 4.01. The lowest BCUT2D eigenvalue weighted by Crippen LogP contribution is -2.28. The zero-order valence-corrected chi connectivity index (χ0v) is 10.5. The van der Waals surface area contributed by atoms with Crippen molar-refractivity contribution in [1.29, 1.82) is 0 Å². The number of furan rings is 1. The Morgan fingerprint density at radius 1 is 1.35 bits per heavy atom.